The van der Waals surface area contributed by atoms with E-state index in [0.717, 1.165) is 40.5 Å². The Morgan fingerprint density at radius 1 is 0.967 bits per heavy atom. The summed E-state index contributed by atoms with van der Waals surface area (Å²) in [4.78, 5) is 1.20. The van der Waals surface area contributed by atoms with Crippen molar-refractivity contribution in [1.29, 1.82) is 0 Å². The van der Waals surface area contributed by atoms with Gasteiger partial charge in [-0.2, -0.15) is 5.10 Å². The predicted octanol–water partition coefficient (Wildman–Crippen LogP) is 6.90. The van der Waals surface area contributed by atoms with Gasteiger partial charge < -0.3 is 9.15 Å². The maximum absolute atomic E-state index is 6.37. The van der Waals surface area contributed by atoms with Crippen molar-refractivity contribution in [2.45, 2.75) is 18.7 Å². The van der Waals surface area contributed by atoms with E-state index >= 15 is 0 Å². The third-order valence-corrected chi connectivity index (χ3v) is 6.67. The molecule has 0 unspecified atom stereocenters. The monoisotopic (exact) mass is 432 g/mol. The highest BCUT2D eigenvalue weighted by atomic mass is 35.5. The van der Waals surface area contributed by atoms with Gasteiger partial charge in [0.15, 0.2) is 5.76 Å². The van der Waals surface area contributed by atoms with Crippen LogP contribution in [0.3, 0.4) is 0 Å². The highest BCUT2D eigenvalue weighted by Gasteiger charge is 2.42. The Hall–Kier alpha value is -3.02. The van der Waals surface area contributed by atoms with Crippen molar-refractivity contribution < 1.29 is 9.15 Å². The van der Waals surface area contributed by atoms with Crippen LogP contribution in [0.2, 0.25) is 5.02 Å². The van der Waals surface area contributed by atoms with Crippen molar-refractivity contribution >= 4 is 28.6 Å². The Morgan fingerprint density at radius 2 is 1.83 bits per heavy atom. The molecule has 0 amide bonds. The van der Waals surface area contributed by atoms with Crippen LogP contribution in [-0.2, 0) is 0 Å². The van der Waals surface area contributed by atoms with E-state index in [1.54, 1.807) is 11.3 Å². The smallest absolute Gasteiger partial charge is 0.246 e. The fraction of sp³-hybridized carbons (Fsp3) is 0.125. The van der Waals surface area contributed by atoms with E-state index in [1.165, 1.54) is 4.88 Å². The molecule has 0 aliphatic carbocycles. The summed E-state index contributed by atoms with van der Waals surface area (Å²) >= 11 is 7.73. The minimum atomic E-state index is -0.414. The lowest BCUT2D eigenvalue weighted by Gasteiger charge is -2.36. The van der Waals surface area contributed by atoms with Gasteiger partial charge >= 0.3 is 0 Å². The molecular weight excluding hydrogens is 416 g/mol. The zero-order valence-electron chi connectivity index (χ0n) is 15.9. The Kier molecular flexibility index (Phi) is 4.18. The molecule has 4 nitrogen and oxygen atoms in total. The molecule has 2 aliphatic heterocycles. The number of benzene rings is 2. The Bertz CT molecular complexity index is 1230. The average Bonchev–Trinajstić information content (AvgIpc) is 3.54. The van der Waals surface area contributed by atoms with Crippen molar-refractivity contribution in [1.82, 2.24) is 5.01 Å². The van der Waals surface area contributed by atoms with Crippen molar-refractivity contribution in [2.75, 3.05) is 0 Å². The highest BCUT2D eigenvalue weighted by molar-refractivity contribution is 7.12. The van der Waals surface area contributed by atoms with Gasteiger partial charge in [-0.15, -0.1) is 11.3 Å². The van der Waals surface area contributed by atoms with E-state index in [4.69, 9.17) is 25.9 Å². The highest BCUT2D eigenvalue weighted by Crippen LogP contribution is 2.48. The second kappa shape index (κ2) is 7.04. The van der Waals surface area contributed by atoms with Gasteiger partial charge in [0.1, 0.15) is 11.5 Å². The summed E-state index contributed by atoms with van der Waals surface area (Å²) in [5.74, 6) is 2.40. The Morgan fingerprint density at radius 3 is 2.67 bits per heavy atom. The second-order valence-corrected chi connectivity index (χ2v) is 8.73. The van der Waals surface area contributed by atoms with Crippen LogP contribution in [0.5, 0.6) is 5.75 Å². The van der Waals surface area contributed by atoms with Crippen LogP contribution in [0.1, 0.15) is 34.9 Å². The molecule has 148 valence electrons. The van der Waals surface area contributed by atoms with Crippen LogP contribution in [0.15, 0.2) is 87.7 Å². The third-order valence-electron chi connectivity index (χ3n) is 5.50. The van der Waals surface area contributed by atoms with Crippen LogP contribution in [-0.4, -0.2) is 10.7 Å². The molecule has 0 bridgehead atoms. The summed E-state index contributed by atoms with van der Waals surface area (Å²) in [5.41, 5.74) is 3.22. The van der Waals surface area contributed by atoms with E-state index < -0.39 is 6.23 Å². The molecule has 2 aromatic heterocycles. The van der Waals surface area contributed by atoms with Crippen molar-refractivity contribution in [3.63, 3.8) is 0 Å². The van der Waals surface area contributed by atoms with Gasteiger partial charge in [0.25, 0.3) is 0 Å². The summed E-state index contributed by atoms with van der Waals surface area (Å²) in [6, 6.07) is 24.1. The first-order chi connectivity index (χ1) is 14.8. The number of rotatable bonds is 3. The number of thiophene rings is 1. The number of hydrogen-bond acceptors (Lipinski definition) is 5. The van der Waals surface area contributed by atoms with Crippen molar-refractivity contribution in [2.24, 2.45) is 5.10 Å². The number of halogens is 1. The third kappa shape index (κ3) is 2.93. The van der Waals surface area contributed by atoms with E-state index in [-0.39, 0.29) is 6.04 Å². The summed E-state index contributed by atoms with van der Waals surface area (Å²) in [6.45, 7) is 0. The lowest BCUT2D eigenvalue weighted by molar-refractivity contribution is -0.0321. The predicted molar refractivity (Wildman–Crippen MR) is 119 cm³/mol. The lowest BCUT2D eigenvalue weighted by Crippen LogP contribution is -2.33. The van der Waals surface area contributed by atoms with E-state index in [0.29, 0.717) is 5.02 Å². The molecular formula is C24H17ClN2O2S. The first kappa shape index (κ1) is 17.8. The molecule has 4 aromatic rings. The number of fused-ring (bicyclic) bond motifs is 3. The average molecular weight is 433 g/mol. The molecule has 2 aliphatic rings. The maximum Gasteiger partial charge on any atom is 0.246 e. The summed E-state index contributed by atoms with van der Waals surface area (Å²) in [6.07, 6.45) is 0.436. The maximum atomic E-state index is 6.37. The Balaban J connectivity index is 1.40. The van der Waals surface area contributed by atoms with Gasteiger partial charge in [0.2, 0.25) is 6.23 Å². The zero-order chi connectivity index (χ0) is 20.1. The largest absolute Gasteiger partial charge is 0.461 e. The zero-order valence-corrected chi connectivity index (χ0v) is 17.4. The fourth-order valence-corrected chi connectivity index (χ4v) is 4.92. The van der Waals surface area contributed by atoms with Crippen molar-refractivity contribution in [3.8, 4) is 17.1 Å². The van der Waals surface area contributed by atoms with E-state index in [9.17, 15) is 0 Å². The molecule has 2 atom stereocenters. The standard InChI is InChI=1S/C24H17ClN2O2S/c25-16-9-7-15(8-10-16)20-11-12-22(28-20)24-27-19(17-4-1-2-5-21(17)29-24)14-18(26-27)23-6-3-13-30-23/h1-13,19,24H,14H2/t19-,24-/m0/s1. The first-order valence-electron chi connectivity index (χ1n) is 9.77. The molecule has 0 saturated carbocycles. The lowest BCUT2D eigenvalue weighted by atomic mass is 9.98. The molecule has 6 rings (SSSR count). The molecule has 0 saturated heterocycles. The fourth-order valence-electron chi connectivity index (χ4n) is 4.07. The van der Waals surface area contributed by atoms with Crippen LogP contribution in [0.4, 0.5) is 0 Å². The van der Waals surface area contributed by atoms with Crippen molar-refractivity contribution in [3.05, 3.63) is 99.4 Å². The molecule has 0 N–H and O–H groups in total. The molecule has 6 heteroatoms. The molecule has 30 heavy (non-hydrogen) atoms. The second-order valence-electron chi connectivity index (χ2n) is 7.34. The van der Waals surface area contributed by atoms with Gasteiger partial charge in [-0.05, 0) is 53.9 Å². The number of hydrogen-bond donors (Lipinski definition) is 0. The topological polar surface area (TPSA) is 38.0 Å². The number of para-hydroxylation sites is 1. The molecule has 2 aromatic carbocycles. The van der Waals surface area contributed by atoms with Crippen LogP contribution >= 0.6 is 22.9 Å². The molecule has 4 heterocycles. The number of hydrazone groups is 1. The van der Waals surface area contributed by atoms with E-state index in [2.05, 4.69) is 29.6 Å². The molecule has 0 spiro atoms. The van der Waals surface area contributed by atoms with Crippen LogP contribution in [0, 0.1) is 0 Å². The Labute approximate surface area is 183 Å². The van der Waals surface area contributed by atoms with Gasteiger partial charge in [-0.25, -0.2) is 5.01 Å². The number of furan rings is 1. The quantitative estimate of drug-likeness (QED) is 0.353. The SMILES string of the molecule is Clc1ccc(-c2ccc([C@@H]3Oc4ccccc4[C@@H]4CC(c5cccs5)=NN43)o2)cc1. The van der Waals surface area contributed by atoms with Gasteiger partial charge in [0, 0.05) is 22.6 Å². The van der Waals surface area contributed by atoms with E-state index in [1.807, 2.05) is 53.5 Å². The summed E-state index contributed by atoms with van der Waals surface area (Å²) in [7, 11) is 0. The minimum absolute atomic E-state index is 0.126. The molecule has 0 fully saturated rings. The normalized spacial score (nSPS) is 19.8. The minimum Gasteiger partial charge on any atom is -0.461 e. The summed E-state index contributed by atoms with van der Waals surface area (Å²) < 4.78 is 12.6. The first-order valence-corrected chi connectivity index (χ1v) is 11.0. The van der Waals surface area contributed by atoms with Crippen LogP contribution in [0.25, 0.3) is 11.3 Å². The van der Waals surface area contributed by atoms with Gasteiger partial charge in [-0.1, -0.05) is 35.9 Å². The van der Waals surface area contributed by atoms with Crippen LogP contribution < -0.4 is 4.74 Å². The van der Waals surface area contributed by atoms with Gasteiger partial charge in [-0.3, -0.25) is 0 Å². The number of ether oxygens (including phenoxy) is 1. The van der Waals surface area contributed by atoms with Gasteiger partial charge in [0.05, 0.1) is 16.6 Å². The summed E-state index contributed by atoms with van der Waals surface area (Å²) in [5, 5.41) is 9.79. The number of nitrogens with zero attached hydrogens (tertiary/aromatic N) is 2. The molecule has 0 radical (unpaired) electrons.